The largest absolute Gasteiger partial charge is 0.507 e. The number of rotatable bonds is 2. The Morgan fingerprint density at radius 1 is 1.33 bits per heavy atom. The maximum atomic E-state index is 12.4. The first kappa shape index (κ1) is 14.7. The topological polar surface area (TPSA) is 43.8 Å². The Bertz CT molecular complexity index is 543. The molecule has 1 atom stereocenters. The van der Waals surface area contributed by atoms with Gasteiger partial charge in [-0.05, 0) is 44.5 Å². The molecule has 2 aliphatic heterocycles. The molecule has 0 unspecified atom stereocenters. The average molecular weight is 309 g/mol. The summed E-state index contributed by atoms with van der Waals surface area (Å²) in [7, 11) is 0. The number of carbonyl (C=O) groups excluding carboxylic acids is 1. The van der Waals surface area contributed by atoms with E-state index in [1.807, 2.05) is 0 Å². The number of nitrogens with zero attached hydrogens (tertiary/aromatic N) is 2. The van der Waals surface area contributed by atoms with Gasteiger partial charge in [-0.25, -0.2) is 0 Å². The summed E-state index contributed by atoms with van der Waals surface area (Å²) in [5.41, 5.74) is 0.338. The molecule has 1 aromatic rings. The fraction of sp³-hybridized carbons (Fsp3) is 0.562. The average Bonchev–Trinajstić information content (AvgIpc) is 2.39. The van der Waals surface area contributed by atoms with E-state index < -0.39 is 0 Å². The van der Waals surface area contributed by atoms with Crippen molar-refractivity contribution in [2.75, 3.05) is 19.6 Å². The summed E-state index contributed by atoms with van der Waals surface area (Å²) in [6.45, 7) is 4.92. The van der Waals surface area contributed by atoms with Crippen molar-refractivity contribution in [2.45, 2.75) is 38.3 Å². The number of carbonyl (C=O) groups is 1. The number of halogens is 1. The van der Waals surface area contributed by atoms with Gasteiger partial charge in [0.1, 0.15) is 5.75 Å². The Hall–Kier alpha value is -1.26. The van der Waals surface area contributed by atoms with Gasteiger partial charge >= 0.3 is 0 Å². The van der Waals surface area contributed by atoms with Crippen LogP contribution >= 0.6 is 11.6 Å². The second kappa shape index (κ2) is 5.85. The number of piperidine rings is 1. The van der Waals surface area contributed by atoms with Crippen molar-refractivity contribution in [3.05, 3.63) is 28.8 Å². The van der Waals surface area contributed by atoms with Gasteiger partial charge in [0.2, 0.25) is 0 Å². The Morgan fingerprint density at radius 2 is 2.10 bits per heavy atom. The van der Waals surface area contributed by atoms with Crippen molar-refractivity contribution >= 4 is 17.5 Å². The Balaban J connectivity index is 1.61. The van der Waals surface area contributed by atoms with E-state index in [2.05, 4.69) is 11.8 Å². The lowest BCUT2D eigenvalue weighted by Crippen LogP contribution is -2.63. The summed E-state index contributed by atoms with van der Waals surface area (Å²) in [6, 6.07) is 5.73. The standard InChI is InChI=1S/C16H21ClN2O2/c1-11-4-2-3-7-19(11)13-9-18(10-13)16(21)14-6-5-12(17)8-15(14)20/h5-6,8,11,13,20H,2-4,7,9-10H2,1H3/t11-/m0/s1. The molecule has 2 aliphatic rings. The van der Waals surface area contributed by atoms with Crippen molar-refractivity contribution < 1.29 is 9.90 Å². The molecule has 0 radical (unpaired) electrons. The molecule has 1 aromatic carbocycles. The van der Waals surface area contributed by atoms with E-state index in [4.69, 9.17) is 11.6 Å². The van der Waals surface area contributed by atoms with Crippen LogP contribution in [-0.2, 0) is 0 Å². The molecule has 1 amide bonds. The minimum atomic E-state index is -0.106. The van der Waals surface area contributed by atoms with E-state index in [0.29, 0.717) is 22.7 Å². The normalized spacial score (nSPS) is 23.9. The van der Waals surface area contributed by atoms with E-state index in [-0.39, 0.29) is 11.7 Å². The molecule has 2 heterocycles. The first-order chi connectivity index (χ1) is 10.1. The molecule has 114 valence electrons. The van der Waals surface area contributed by atoms with Crippen LogP contribution in [0.3, 0.4) is 0 Å². The van der Waals surface area contributed by atoms with Crippen LogP contribution in [0.1, 0.15) is 36.5 Å². The second-order valence-corrected chi connectivity index (χ2v) is 6.54. The first-order valence-electron chi connectivity index (χ1n) is 7.60. The zero-order chi connectivity index (χ0) is 15.0. The smallest absolute Gasteiger partial charge is 0.257 e. The van der Waals surface area contributed by atoms with E-state index in [1.165, 1.54) is 25.3 Å². The van der Waals surface area contributed by atoms with Crippen LogP contribution < -0.4 is 0 Å². The molecule has 21 heavy (non-hydrogen) atoms. The van der Waals surface area contributed by atoms with Crippen molar-refractivity contribution in [3.63, 3.8) is 0 Å². The molecule has 0 aliphatic carbocycles. The van der Waals surface area contributed by atoms with Crippen molar-refractivity contribution in [3.8, 4) is 5.75 Å². The molecule has 0 spiro atoms. The molecule has 2 fully saturated rings. The summed E-state index contributed by atoms with van der Waals surface area (Å²) in [5.74, 6) is -0.146. The molecule has 2 saturated heterocycles. The zero-order valence-corrected chi connectivity index (χ0v) is 13.0. The second-order valence-electron chi connectivity index (χ2n) is 6.11. The van der Waals surface area contributed by atoms with E-state index in [1.54, 1.807) is 17.0 Å². The Kier molecular flexibility index (Phi) is 4.09. The quantitative estimate of drug-likeness (QED) is 0.913. The summed E-state index contributed by atoms with van der Waals surface area (Å²) < 4.78 is 0. The Labute approximate surface area is 130 Å². The molecule has 0 aromatic heterocycles. The lowest BCUT2D eigenvalue weighted by molar-refractivity contribution is 0.00198. The number of likely N-dealkylation sites (tertiary alicyclic amines) is 2. The lowest BCUT2D eigenvalue weighted by atomic mass is 9.97. The van der Waals surface area contributed by atoms with E-state index in [9.17, 15) is 9.90 Å². The number of aromatic hydroxyl groups is 1. The number of amides is 1. The molecular weight excluding hydrogens is 288 g/mol. The highest BCUT2D eigenvalue weighted by Crippen LogP contribution is 2.28. The van der Waals surface area contributed by atoms with Crippen LogP contribution in [0.4, 0.5) is 0 Å². The summed E-state index contributed by atoms with van der Waals surface area (Å²) in [6.07, 6.45) is 3.82. The third-order valence-electron chi connectivity index (χ3n) is 4.66. The summed E-state index contributed by atoms with van der Waals surface area (Å²) in [5, 5.41) is 10.3. The molecule has 5 heteroatoms. The van der Waals surface area contributed by atoms with Gasteiger partial charge in [0, 0.05) is 30.2 Å². The molecule has 4 nitrogen and oxygen atoms in total. The number of hydrogen-bond donors (Lipinski definition) is 1. The monoisotopic (exact) mass is 308 g/mol. The molecule has 3 rings (SSSR count). The summed E-state index contributed by atoms with van der Waals surface area (Å²) in [4.78, 5) is 16.7. The minimum Gasteiger partial charge on any atom is -0.507 e. The predicted molar refractivity (Wildman–Crippen MR) is 82.8 cm³/mol. The minimum absolute atomic E-state index is 0.0395. The van der Waals surface area contributed by atoms with Crippen LogP contribution in [0.2, 0.25) is 5.02 Å². The highest BCUT2D eigenvalue weighted by molar-refractivity contribution is 6.30. The van der Waals surface area contributed by atoms with Crippen molar-refractivity contribution in [2.24, 2.45) is 0 Å². The third kappa shape index (κ3) is 2.87. The molecule has 1 N–H and O–H groups in total. The van der Waals surface area contributed by atoms with E-state index >= 15 is 0 Å². The van der Waals surface area contributed by atoms with Gasteiger partial charge in [-0.3, -0.25) is 9.69 Å². The van der Waals surface area contributed by atoms with Crippen LogP contribution in [0, 0.1) is 0 Å². The maximum absolute atomic E-state index is 12.4. The van der Waals surface area contributed by atoms with Crippen LogP contribution in [0.15, 0.2) is 18.2 Å². The van der Waals surface area contributed by atoms with Crippen molar-refractivity contribution in [1.29, 1.82) is 0 Å². The van der Waals surface area contributed by atoms with Crippen molar-refractivity contribution in [1.82, 2.24) is 9.80 Å². The fourth-order valence-corrected chi connectivity index (χ4v) is 3.52. The van der Waals surface area contributed by atoms with Crippen LogP contribution in [-0.4, -0.2) is 52.5 Å². The number of phenols is 1. The first-order valence-corrected chi connectivity index (χ1v) is 7.97. The lowest BCUT2D eigenvalue weighted by Gasteiger charge is -2.49. The van der Waals surface area contributed by atoms with Crippen LogP contribution in [0.25, 0.3) is 0 Å². The fourth-order valence-electron chi connectivity index (χ4n) is 3.35. The highest BCUT2D eigenvalue weighted by Gasteiger charge is 2.38. The molecule has 0 bridgehead atoms. The third-order valence-corrected chi connectivity index (χ3v) is 4.90. The van der Waals surface area contributed by atoms with Gasteiger partial charge in [0.25, 0.3) is 5.91 Å². The number of hydrogen-bond acceptors (Lipinski definition) is 3. The van der Waals surface area contributed by atoms with Gasteiger partial charge < -0.3 is 10.0 Å². The van der Waals surface area contributed by atoms with E-state index in [0.717, 1.165) is 19.6 Å². The summed E-state index contributed by atoms with van der Waals surface area (Å²) >= 11 is 5.80. The number of benzene rings is 1. The Morgan fingerprint density at radius 3 is 2.76 bits per heavy atom. The van der Waals surface area contributed by atoms with Gasteiger partial charge in [-0.1, -0.05) is 18.0 Å². The molecular formula is C16H21ClN2O2. The predicted octanol–water partition coefficient (Wildman–Crippen LogP) is 2.74. The van der Waals surface area contributed by atoms with Gasteiger partial charge in [-0.15, -0.1) is 0 Å². The highest BCUT2D eigenvalue weighted by atomic mass is 35.5. The van der Waals surface area contributed by atoms with Gasteiger partial charge in [0.15, 0.2) is 0 Å². The van der Waals surface area contributed by atoms with Crippen LogP contribution in [0.5, 0.6) is 5.75 Å². The zero-order valence-electron chi connectivity index (χ0n) is 12.3. The van der Waals surface area contributed by atoms with Gasteiger partial charge in [0.05, 0.1) is 5.56 Å². The maximum Gasteiger partial charge on any atom is 0.257 e. The SMILES string of the molecule is C[C@H]1CCCCN1C1CN(C(=O)c2ccc(Cl)cc2O)C1. The number of phenolic OH excluding ortho intramolecular Hbond substituents is 1. The van der Waals surface area contributed by atoms with Gasteiger partial charge in [-0.2, -0.15) is 0 Å². The molecule has 0 saturated carbocycles.